The normalized spacial score (nSPS) is 36.9. The van der Waals surface area contributed by atoms with Crippen molar-refractivity contribution >= 4 is 6.09 Å². The van der Waals surface area contributed by atoms with Crippen molar-refractivity contribution in [3.8, 4) is 0 Å². The van der Waals surface area contributed by atoms with E-state index in [1.165, 1.54) is 12.8 Å². The van der Waals surface area contributed by atoms with Crippen LogP contribution in [-0.2, 0) is 4.74 Å². The molecule has 1 aliphatic carbocycles. The van der Waals surface area contributed by atoms with E-state index in [0.29, 0.717) is 6.04 Å². The van der Waals surface area contributed by atoms with Crippen LogP contribution in [0.5, 0.6) is 0 Å². The number of amides is 1. The van der Waals surface area contributed by atoms with Crippen LogP contribution in [0.1, 0.15) is 25.7 Å². The molecular weight excluding hydrogens is 144 g/mol. The lowest BCUT2D eigenvalue weighted by molar-refractivity contribution is 0.0179. The zero-order chi connectivity index (χ0) is 7.68. The molecule has 4 nitrogen and oxygen atoms in total. The van der Waals surface area contributed by atoms with Crippen molar-refractivity contribution in [3.63, 3.8) is 0 Å². The fraction of sp³-hybridized carbons (Fsp3) is 0.857. The van der Waals surface area contributed by atoms with E-state index in [9.17, 15) is 4.79 Å². The van der Waals surface area contributed by atoms with E-state index in [2.05, 4.69) is 10.9 Å². The minimum absolute atomic E-state index is 0.109. The van der Waals surface area contributed by atoms with E-state index in [4.69, 9.17) is 4.74 Å². The van der Waals surface area contributed by atoms with E-state index in [0.717, 1.165) is 12.8 Å². The maximum atomic E-state index is 10.7. The van der Waals surface area contributed by atoms with Gasteiger partial charge in [0.15, 0.2) is 0 Å². The molecule has 0 aromatic heterocycles. The van der Waals surface area contributed by atoms with Gasteiger partial charge in [-0.2, -0.15) is 0 Å². The second-order valence-corrected chi connectivity index (χ2v) is 3.10. The Morgan fingerprint density at radius 2 is 2.18 bits per heavy atom. The zero-order valence-electron chi connectivity index (χ0n) is 6.30. The zero-order valence-corrected chi connectivity index (χ0v) is 6.30. The van der Waals surface area contributed by atoms with Crippen molar-refractivity contribution < 1.29 is 9.53 Å². The maximum Gasteiger partial charge on any atom is 0.421 e. The molecule has 0 unspecified atom stereocenters. The fourth-order valence-corrected chi connectivity index (χ4v) is 1.72. The SMILES string of the molecule is O=C1NN[C@H]2CCCC[C@@H]2O1. The average molecular weight is 156 g/mol. The van der Waals surface area contributed by atoms with Crippen molar-refractivity contribution in [1.29, 1.82) is 0 Å². The lowest BCUT2D eigenvalue weighted by Crippen LogP contribution is -2.58. The van der Waals surface area contributed by atoms with E-state index in [1.807, 2.05) is 0 Å². The van der Waals surface area contributed by atoms with Crippen molar-refractivity contribution in [1.82, 2.24) is 10.9 Å². The molecule has 0 radical (unpaired) electrons. The highest BCUT2D eigenvalue weighted by Crippen LogP contribution is 2.22. The van der Waals surface area contributed by atoms with Gasteiger partial charge in [-0.3, -0.25) is 5.43 Å². The van der Waals surface area contributed by atoms with Crippen LogP contribution in [0.15, 0.2) is 0 Å². The first-order chi connectivity index (χ1) is 5.36. The summed E-state index contributed by atoms with van der Waals surface area (Å²) in [5.74, 6) is 0. The number of hydrogen-bond donors (Lipinski definition) is 2. The monoisotopic (exact) mass is 156 g/mol. The number of ether oxygens (including phenoxy) is 1. The molecule has 2 N–H and O–H groups in total. The molecule has 11 heavy (non-hydrogen) atoms. The quantitative estimate of drug-likeness (QED) is 0.538. The van der Waals surface area contributed by atoms with E-state index < -0.39 is 0 Å². The van der Waals surface area contributed by atoms with Gasteiger partial charge in [-0.1, -0.05) is 6.42 Å². The molecule has 0 spiro atoms. The number of hydrazine groups is 1. The van der Waals surface area contributed by atoms with Gasteiger partial charge in [-0.05, 0) is 19.3 Å². The van der Waals surface area contributed by atoms with Crippen molar-refractivity contribution in [2.24, 2.45) is 0 Å². The Balaban J connectivity index is 1.98. The van der Waals surface area contributed by atoms with Crippen LogP contribution in [0.4, 0.5) is 4.79 Å². The Labute approximate surface area is 65.3 Å². The predicted octanol–water partition coefficient (Wildman–Crippen LogP) is 0.542. The van der Waals surface area contributed by atoms with Gasteiger partial charge >= 0.3 is 6.09 Å². The molecule has 2 atom stereocenters. The topological polar surface area (TPSA) is 50.4 Å². The van der Waals surface area contributed by atoms with Crippen molar-refractivity contribution in [2.75, 3.05) is 0 Å². The highest BCUT2D eigenvalue weighted by molar-refractivity contribution is 5.67. The van der Waals surface area contributed by atoms with Gasteiger partial charge in [0.25, 0.3) is 0 Å². The summed E-state index contributed by atoms with van der Waals surface area (Å²) < 4.78 is 5.08. The predicted molar refractivity (Wildman–Crippen MR) is 38.8 cm³/mol. The molecule has 0 aromatic carbocycles. The van der Waals surface area contributed by atoms with Crippen LogP contribution >= 0.6 is 0 Å². The molecule has 1 heterocycles. The molecule has 1 saturated carbocycles. The lowest BCUT2D eigenvalue weighted by atomic mass is 9.93. The second-order valence-electron chi connectivity index (χ2n) is 3.10. The molecule has 1 aliphatic heterocycles. The molecule has 0 aromatic rings. The standard InChI is InChI=1S/C7H12N2O2/c10-7-9-8-5-3-1-2-4-6(5)11-7/h5-6,8H,1-4H2,(H,9,10)/t5-,6-/m0/s1. The molecule has 4 heteroatoms. The van der Waals surface area contributed by atoms with Crippen LogP contribution in [-0.4, -0.2) is 18.2 Å². The van der Waals surface area contributed by atoms with Gasteiger partial charge in [0.05, 0.1) is 6.04 Å². The average Bonchev–Trinajstić information content (AvgIpc) is 2.04. The number of carbonyl (C=O) groups excluding carboxylic acids is 1. The van der Waals surface area contributed by atoms with Crippen LogP contribution < -0.4 is 10.9 Å². The first kappa shape index (κ1) is 6.91. The molecule has 2 aliphatic rings. The largest absolute Gasteiger partial charge is 0.444 e. The highest BCUT2D eigenvalue weighted by atomic mass is 16.6. The highest BCUT2D eigenvalue weighted by Gasteiger charge is 2.31. The van der Waals surface area contributed by atoms with E-state index in [1.54, 1.807) is 0 Å². The molecule has 0 bridgehead atoms. The van der Waals surface area contributed by atoms with Crippen molar-refractivity contribution in [3.05, 3.63) is 0 Å². The Kier molecular flexibility index (Phi) is 1.69. The summed E-state index contributed by atoms with van der Waals surface area (Å²) >= 11 is 0. The van der Waals surface area contributed by atoms with Crippen molar-refractivity contribution in [2.45, 2.75) is 37.8 Å². The molecule has 62 valence electrons. The number of hydrogen-bond acceptors (Lipinski definition) is 3. The lowest BCUT2D eigenvalue weighted by Gasteiger charge is -2.35. The van der Waals surface area contributed by atoms with Gasteiger partial charge < -0.3 is 4.74 Å². The second kappa shape index (κ2) is 2.70. The van der Waals surface area contributed by atoms with Gasteiger partial charge in [-0.15, -0.1) is 0 Å². The summed E-state index contributed by atoms with van der Waals surface area (Å²) in [4.78, 5) is 10.7. The van der Waals surface area contributed by atoms with Crippen LogP contribution in [0, 0.1) is 0 Å². The Morgan fingerprint density at radius 3 is 3.09 bits per heavy atom. The van der Waals surface area contributed by atoms with Crippen LogP contribution in [0.2, 0.25) is 0 Å². The summed E-state index contributed by atoms with van der Waals surface area (Å²) in [6.07, 6.45) is 4.28. The minimum Gasteiger partial charge on any atom is -0.444 e. The third-order valence-electron chi connectivity index (χ3n) is 2.32. The van der Waals surface area contributed by atoms with E-state index in [-0.39, 0.29) is 12.2 Å². The summed E-state index contributed by atoms with van der Waals surface area (Å²) in [5, 5.41) is 0. The van der Waals surface area contributed by atoms with Crippen LogP contribution in [0.25, 0.3) is 0 Å². The molecular formula is C7H12N2O2. The number of nitrogens with one attached hydrogen (secondary N) is 2. The number of rotatable bonds is 0. The number of fused-ring (bicyclic) bond motifs is 1. The third kappa shape index (κ3) is 1.30. The fourth-order valence-electron chi connectivity index (χ4n) is 1.72. The first-order valence-corrected chi connectivity index (χ1v) is 4.08. The Morgan fingerprint density at radius 1 is 1.36 bits per heavy atom. The van der Waals surface area contributed by atoms with Gasteiger partial charge in [-0.25, -0.2) is 10.2 Å². The Bertz CT molecular complexity index is 172. The third-order valence-corrected chi connectivity index (χ3v) is 2.32. The summed E-state index contributed by atoms with van der Waals surface area (Å²) in [7, 11) is 0. The smallest absolute Gasteiger partial charge is 0.421 e. The Hall–Kier alpha value is -0.770. The minimum atomic E-state index is -0.340. The molecule has 1 saturated heterocycles. The summed E-state index contributed by atoms with van der Waals surface area (Å²) in [5.41, 5.74) is 5.42. The van der Waals surface area contributed by atoms with Crippen LogP contribution in [0.3, 0.4) is 0 Å². The molecule has 2 fully saturated rings. The maximum absolute atomic E-state index is 10.7. The van der Waals surface area contributed by atoms with E-state index >= 15 is 0 Å². The summed E-state index contributed by atoms with van der Waals surface area (Å²) in [6, 6.07) is 0.335. The summed E-state index contributed by atoms with van der Waals surface area (Å²) in [6.45, 7) is 0. The van der Waals surface area contributed by atoms with Gasteiger partial charge in [0.1, 0.15) is 6.10 Å². The first-order valence-electron chi connectivity index (χ1n) is 4.08. The number of carbonyl (C=O) groups is 1. The van der Waals surface area contributed by atoms with Gasteiger partial charge in [0, 0.05) is 0 Å². The molecule has 1 amide bonds. The molecule has 2 rings (SSSR count). The van der Waals surface area contributed by atoms with Gasteiger partial charge in [0.2, 0.25) is 0 Å².